The average molecular weight is 753 g/mol. The first-order valence-corrected chi connectivity index (χ1v) is 16.0. The lowest BCUT2D eigenvalue weighted by Gasteiger charge is -2.30. The molecule has 7 nitrogen and oxygen atoms in total. The van der Waals surface area contributed by atoms with Crippen LogP contribution in [0.15, 0.2) is 91.6 Å². The van der Waals surface area contributed by atoms with Crippen LogP contribution < -0.4 is 15.1 Å². The van der Waals surface area contributed by atoms with Crippen molar-refractivity contribution in [2.75, 3.05) is 10.2 Å². The molecule has 3 amide bonds. The molecule has 1 N–H and O–H groups in total. The van der Waals surface area contributed by atoms with E-state index in [1.165, 1.54) is 12.1 Å². The Hall–Kier alpha value is -3.20. The van der Waals surface area contributed by atoms with E-state index < -0.39 is 63.7 Å². The summed E-state index contributed by atoms with van der Waals surface area (Å²) in [5, 5.41) is 1.70. The van der Waals surface area contributed by atoms with Crippen LogP contribution in [0.1, 0.15) is 21.9 Å². The van der Waals surface area contributed by atoms with E-state index in [1.807, 2.05) is 18.2 Å². The Kier molecular flexibility index (Phi) is 7.90. The zero-order valence-electron chi connectivity index (χ0n) is 21.6. The van der Waals surface area contributed by atoms with Crippen LogP contribution in [0.2, 0.25) is 0 Å². The molecule has 43 heavy (non-hydrogen) atoms. The first-order valence-electron chi connectivity index (χ1n) is 12.7. The number of para-hydroxylation sites is 1. The highest BCUT2D eigenvalue weighted by molar-refractivity contribution is 9.10. The summed E-state index contributed by atoms with van der Waals surface area (Å²) < 4.78 is 43.1. The van der Waals surface area contributed by atoms with Crippen LogP contribution >= 0.6 is 55.0 Å². The SMILES string of the molecule is O=C(Cn1c2c(sc1=O)C(c1cccc(Br)c1)C1C(=O)N(c3ccc(Br)cc3)C(=O)C1S2)Nc1ccccc1C(F)(F)F. The molecule has 4 aromatic rings. The van der Waals surface area contributed by atoms with Gasteiger partial charge in [-0.3, -0.25) is 23.7 Å². The van der Waals surface area contributed by atoms with Gasteiger partial charge in [-0.1, -0.05) is 79.2 Å². The molecule has 3 heterocycles. The van der Waals surface area contributed by atoms with E-state index in [2.05, 4.69) is 37.2 Å². The van der Waals surface area contributed by atoms with Gasteiger partial charge in [0, 0.05) is 19.7 Å². The Balaban J connectivity index is 1.40. The van der Waals surface area contributed by atoms with Gasteiger partial charge in [0.25, 0.3) is 0 Å². The van der Waals surface area contributed by atoms with Crippen molar-refractivity contribution in [2.45, 2.75) is 28.9 Å². The predicted octanol–water partition coefficient (Wildman–Crippen LogP) is 6.89. The lowest BCUT2D eigenvalue weighted by Crippen LogP contribution is -2.33. The fraction of sp³-hybridized carbons (Fsp3) is 0.172. The van der Waals surface area contributed by atoms with Gasteiger partial charge in [0.15, 0.2) is 0 Å². The van der Waals surface area contributed by atoms with Crippen LogP contribution in [-0.2, 0) is 27.1 Å². The summed E-state index contributed by atoms with van der Waals surface area (Å²) >= 11 is 8.70. The van der Waals surface area contributed by atoms with Crippen molar-refractivity contribution in [3.63, 3.8) is 0 Å². The molecule has 3 unspecified atom stereocenters. The van der Waals surface area contributed by atoms with Gasteiger partial charge in [0.2, 0.25) is 17.7 Å². The summed E-state index contributed by atoms with van der Waals surface area (Å²) in [6, 6.07) is 18.5. The molecule has 6 rings (SSSR count). The number of fused-ring (bicyclic) bond motifs is 2. The number of anilines is 2. The average Bonchev–Trinajstić information content (AvgIpc) is 3.39. The molecule has 0 saturated carbocycles. The van der Waals surface area contributed by atoms with Crippen LogP contribution in [0.4, 0.5) is 24.5 Å². The number of thiazole rings is 1. The molecule has 2 aliphatic heterocycles. The Bertz CT molecular complexity index is 1840. The molecule has 3 atom stereocenters. The maximum Gasteiger partial charge on any atom is 0.418 e. The number of imide groups is 1. The number of carbonyl (C=O) groups is 3. The molecule has 0 bridgehead atoms. The zero-order chi connectivity index (χ0) is 30.6. The molecule has 0 radical (unpaired) electrons. The summed E-state index contributed by atoms with van der Waals surface area (Å²) in [5.74, 6) is -3.21. The summed E-state index contributed by atoms with van der Waals surface area (Å²) in [7, 11) is 0. The number of nitrogens with one attached hydrogen (secondary N) is 1. The van der Waals surface area contributed by atoms with Crippen LogP contribution in [-0.4, -0.2) is 27.5 Å². The van der Waals surface area contributed by atoms with Crippen molar-refractivity contribution in [1.29, 1.82) is 0 Å². The van der Waals surface area contributed by atoms with E-state index in [4.69, 9.17) is 0 Å². The van der Waals surface area contributed by atoms with Gasteiger partial charge in [-0.25, -0.2) is 4.90 Å². The first kappa shape index (κ1) is 29.9. The number of nitrogens with zero attached hydrogens (tertiary/aromatic N) is 2. The van der Waals surface area contributed by atoms with Gasteiger partial charge in [-0.2, -0.15) is 13.2 Å². The summed E-state index contributed by atoms with van der Waals surface area (Å²) in [6.07, 6.45) is -4.69. The van der Waals surface area contributed by atoms with E-state index in [0.717, 1.165) is 53.6 Å². The molecular formula is C29H18Br2F3N3O4S2. The quantitative estimate of drug-likeness (QED) is 0.225. The van der Waals surface area contributed by atoms with Crippen molar-refractivity contribution in [3.8, 4) is 0 Å². The first-order chi connectivity index (χ1) is 20.4. The fourth-order valence-corrected chi connectivity index (χ4v) is 8.79. The molecule has 1 fully saturated rings. The number of thioether (sulfide) groups is 1. The molecule has 14 heteroatoms. The van der Waals surface area contributed by atoms with Crippen molar-refractivity contribution >= 4 is 84.1 Å². The van der Waals surface area contributed by atoms with Gasteiger partial charge in [-0.15, -0.1) is 0 Å². The maximum absolute atomic E-state index is 13.9. The molecule has 2 aliphatic rings. The van der Waals surface area contributed by atoms with Gasteiger partial charge in [0.05, 0.1) is 27.9 Å². The number of rotatable bonds is 5. The number of hydrogen-bond donors (Lipinski definition) is 1. The van der Waals surface area contributed by atoms with Crippen LogP contribution in [0, 0.1) is 5.92 Å². The highest BCUT2D eigenvalue weighted by atomic mass is 79.9. The number of alkyl halides is 3. The fourth-order valence-electron chi connectivity index (χ4n) is 5.33. The molecule has 0 spiro atoms. The molecule has 3 aromatic carbocycles. The molecule has 1 saturated heterocycles. The summed E-state index contributed by atoms with van der Waals surface area (Å²) in [5.41, 5.74) is -0.344. The van der Waals surface area contributed by atoms with Gasteiger partial charge < -0.3 is 5.32 Å². The standard InChI is InChI=1S/C29H18Br2F3N3O4S2/c30-15-8-10-17(11-9-15)37-25(39)22-21(14-4-3-5-16(31)12-14)24-27(42-23(22)26(37)40)36(28(41)43-24)13-20(38)35-19-7-2-1-6-18(19)29(32,33)34/h1-12,21-23H,13H2,(H,35,38). The Labute approximate surface area is 267 Å². The second-order valence-corrected chi connectivity index (χ2v) is 13.8. The van der Waals surface area contributed by atoms with Crippen LogP contribution in [0.5, 0.6) is 0 Å². The minimum atomic E-state index is -4.69. The number of carbonyl (C=O) groups excluding carboxylic acids is 3. The minimum Gasteiger partial charge on any atom is -0.324 e. The number of amides is 3. The monoisotopic (exact) mass is 751 g/mol. The molecule has 1 aromatic heterocycles. The largest absolute Gasteiger partial charge is 0.418 e. The third-order valence-corrected chi connectivity index (χ3v) is 10.8. The Morgan fingerprint density at radius 3 is 2.33 bits per heavy atom. The van der Waals surface area contributed by atoms with Crippen molar-refractivity contribution < 1.29 is 27.6 Å². The van der Waals surface area contributed by atoms with Gasteiger partial charge in [-0.05, 0) is 54.1 Å². The maximum atomic E-state index is 13.9. The summed E-state index contributed by atoms with van der Waals surface area (Å²) in [4.78, 5) is 55.2. The highest BCUT2D eigenvalue weighted by Crippen LogP contribution is 2.54. The number of benzene rings is 3. The second kappa shape index (κ2) is 11.4. The van der Waals surface area contributed by atoms with Gasteiger partial charge in [0.1, 0.15) is 11.8 Å². The predicted molar refractivity (Wildman–Crippen MR) is 164 cm³/mol. The normalized spacial score (nSPS) is 19.7. The van der Waals surface area contributed by atoms with Crippen molar-refractivity contribution in [1.82, 2.24) is 4.57 Å². The van der Waals surface area contributed by atoms with E-state index in [-0.39, 0.29) is 0 Å². The van der Waals surface area contributed by atoms with E-state index in [9.17, 15) is 32.3 Å². The topological polar surface area (TPSA) is 88.5 Å². The zero-order valence-corrected chi connectivity index (χ0v) is 26.4. The van der Waals surface area contributed by atoms with Crippen LogP contribution in [0.3, 0.4) is 0 Å². The third-order valence-electron chi connectivity index (χ3n) is 7.15. The Morgan fingerprint density at radius 1 is 0.907 bits per heavy atom. The van der Waals surface area contributed by atoms with Crippen LogP contribution in [0.25, 0.3) is 0 Å². The summed E-state index contributed by atoms with van der Waals surface area (Å²) in [6.45, 7) is -0.578. The van der Waals surface area contributed by atoms with E-state index >= 15 is 0 Å². The van der Waals surface area contributed by atoms with Gasteiger partial charge >= 0.3 is 11.0 Å². The Morgan fingerprint density at radius 2 is 1.63 bits per heavy atom. The van der Waals surface area contributed by atoms with E-state index in [0.29, 0.717) is 21.2 Å². The lowest BCUT2D eigenvalue weighted by atomic mass is 9.83. The molecule has 220 valence electrons. The molecular weight excluding hydrogens is 735 g/mol. The third kappa shape index (κ3) is 5.49. The van der Waals surface area contributed by atoms with Crippen molar-refractivity contribution in [2.24, 2.45) is 5.92 Å². The number of halogens is 5. The van der Waals surface area contributed by atoms with E-state index in [1.54, 1.807) is 30.3 Å². The number of hydrogen-bond acceptors (Lipinski definition) is 6. The van der Waals surface area contributed by atoms with Crippen molar-refractivity contribution in [3.05, 3.63) is 107 Å². The minimum absolute atomic E-state index is 0.333. The highest BCUT2D eigenvalue weighted by Gasteiger charge is 2.56. The smallest absolute Gasteiger partial charge is 0.324 e. The lowest BCUT2D eigenvalue weighted by molar-refractivity contribution is -0.137. The molecule has 0 aliphatic carbocycles. The second-order valence-electron chi connectivity index (χ2n) is 9.80. The number of aromatic nitrogens is 1.